The van der Waals surface area contributed by atoms with Crippen molar-refractivity contribution in [3.8, 4) is 22.6 Å². The van der Waals surface area contributed by atoms with E-state index in [1.165, 1.54) is 0 Å². The standard InChI is InChI=1S/C28H35NO6.2C3H6/c1-8-32-27(31)26-25(19-9-11-20(12-10-19)33-16-18(2)3)22-15-21(13-14-23(22)29(26)7)34-17-24(30)35-28(4,5)6;2*1-3-2/h9-15,18H,8,16-17H2,1-7H3;2*3H,1H2,2H3. The molecule has 0 unspecified atom stereocenters. The fourth-order valence-corrected chi connectivity index (χ4v) is 3.74. The van der Waals surface area contributed by atoms with Gasteiger partial charge >= 0.3 is 11.9 Å². The molecule has 0 bridgehead atoms. The van der Waals surface area contributed by atoms with E-state index in [1.54, 1.807) is 25.1 Å². The van der Waals surface area contributed by atoms with Crippen LogP contribution in [0.5, 0.6) is 11.5 Å². The molecule has 1 heterocycles. The Morgan fingerprint density at radius 3 is 2.02 bits per heavy atom. The summed E-state index contributed by atoms with van der Waals surface area (Å²) in [5.74, 6) is 0.833. The maximum absolute atomic E-state index is 12.9. The highest BCUT2D eigenvalue weighted by molar-refractivity contribution is 6.09. The molecule has 0 radical (unpaired) electrons. The number of allylic oxidation sites excluding steroid dienone is 2. The predicted octanol–water partition coefficient (Wildman–Crippen LogP) is 8.16. The fourth-order valence-electron chi connectivity index (χ4n) is 3.74. The largest absolute Gasteiger partial charge is 0.493 e. The van der Waals surface area contributed by atoms with E-state index in [-0.39, 0.29) is 13.2 Å². The highest BCUT2D eigenvalue weighted by Gasteiger charge is 2.24. The lowest BCUT2D eigenvalue weighted by Gasteiger charge is -2.19. The third kappa shape index (κ3) is 11.2. The Balaban J connectivity index is 0.00000129. The molecular weight excluding hydrogens is 518 g/mol. The highest BCUT2D eigenvalue weighted by atomic mass is 16.6. The van der Waals surface area contributed by atoms with Crippen LogP contribution < -0.4 is 9.47 Å². The number of ether oxygens (including phenoxy) is 4. The van der Waals surface area contributed by atoms with Gasteiger partial charge in [-0.15, -0.1) is 13.2 Å². The molecule has 2 aromatic carbocycles. The molecule has 3 aromatic rings. The first kappa shape index (κ1) is 35.0. The van der Waals surface area contributed by atoms with Crippen LogP contribution >= 0.6 is 0 Å². The number of esters is 2. The Labute approximate surface area is 245 Å². The van der Waals surface area contributed by atoms with Gasteiger partial charge in [0.25, 0.3) is 0 Å². The van der Waals surface area contributed by atoms with Crippen molar-refractivity contribution in [3.05, 3.63) is 73.5 Å². The fraction of sp³-hybridized carbons (Fsp3) is 0.412. The average Bonchev–Trinajstić information content (AvgIpc) is 3.18. The number of hydrogen-bond acceptors (Lipinski definition) is 6. The Bertz CT molecular complexity index is 1270. The summed E-state index contributed by atoms with van der Waals surface area (Å²) < 4.78 is 24.1. The number of nitrogens with zero attached hydrogens (tertiary/aromatic N) is 1. The smallest absolute Gasteiger partial charge is 0.355 e. The molecule has 0 amide bonds. The van der Waals surface area contributed by atoms with Crippen molar-refractivity contribution >= 4 is 22.8 Å². The molecular formula is C34H47NO6. The van der Waals surface area contributed by atoms with Crippen molar-refractivity contribution < 1.29 is 28.5 Å². The van der Waals surface area contributed by atoms with E-state index in [9.17, 15) is 9.59 Å². The third-order valence-electron chi connectivity index (χ3n) is 5.14. The molecule has 224 valence electrons. The number of carbonyl (C=O) groups excluding carboxylic acids is 2. The van der Waals surface area contributed by atoms with Gasteiger partial charge in [0.2, 0.25) is 0 Å². The molecule has 0 atom stereocenters. The number of fused-ring (bicyclic) bond motifs is 1. The van der Waals surface area contributed by atoms with Crippen LogP contribution in [0.25, 0.3) is 22.0 Å². The summed E-state index contributed by atoms with van der Waals surface area (Å²) in [4.78, 5) is 25.1. The first-order valence-electron chi connectivity index (χ1n) is 13.8. The van der Waals surface area contributed by atoms with E-state index >= 15 is 0 Å². The number of rotatable bonds is 9. The van der Waals surface area contributed by atoms with Crippen molar-refractivity contribution in [3.63, 3.8) is 0 Å². The zero-order valence-corrected chi connectivity index (χ0v) is 26.2. The van der Waals surface area contributed by atoms with Crippen molar-refractivity contribution in [1.29, 1.82) is 0 Å². The Hall–Kier alpha value is -4.00. The summed E-state index contributed by atoms with van der Waals surface area (Å²) in [5.41, 5.74) is 2.28. The lowest BCUT2D eigenvalue weighted by molar-refractivity contribution is -0.157. The second kappa shape index (κ2) is 17.0. The molecule has 3 rings (SSSR count). The summed E-state index contributed by atoms with van der Waals surface area (Å²) in [5, 5.41) is 0.813. The summed E-state index contributed by atoms with van der Waals surface area (Å²) >= 11 is 0. The minimum Gasteiger partial charge on any atom is -0.493 e. The van der Waals surface area contributed by atoms with Crippen LogP contribution in [0.1, 0.15) is 65.9 Å². The maximum Gasteiger partial charge on any atom is 0.355 e. The summed E-state index contributed by atoms with van der Waals surface area (Å²) in [6, 6.07) is 13.1. The molecule has 7 nitrogen and oxygen atoms in total. The third-order valence-corrected chi connectivity index (χ3v) is 5.14. The van der Waals surface area contributed by atoms with E-state index in [0.717, 1.165) is 27.8 Å². The Morgan fingerprint density at radius 1 is 0.951 bits per heavy atom. The molecule has 0 aliphatic rings. The highest BCUT2D eigenvalue weighted by Crippen LogP contribution is 2.37. The van der Waals surface area contributed by atoms with Crippen LogP contribution in [0, 0.1) is 5.92 Å². The predicted molar refractivity (Wildman–Crippen MR) is 168 cm³/mol. The molecule has 0 saturated heterocycles. The molecule has 0 spiro atoms. The van der Waals surface area contributed by atoms with Crippen LogP contribution in [0.4, 0.5) is 0 Å². The average molecular weight is 566 g/mol. The molecule has 41 heavy (non-hydrogen) atoms. The van der Waals surface area contributed by atoms with Gasteiger partial charge in [0, 0.05) is 23.5 Å². The van der Waals surface area contributed by atoms with Crippen molar-refractivity contribution in [2.75, 3.05) is 19.8 Å². The lowest BCUT2D eigenvalue weighted by atomic mass is 10.0. The van der Waals surface area contributed by atoms with Gasteiger partial charge in [-0.25, -0.2) is 9.59 Å². The molecule has 7 heteroatoms. The van der Waals surface area contributed by atoms with Gasteiger partial charge in [-0.2, -0.15) is 0 Å². The van der Waals surface area contributed by atoms with Gasteiger partial charge in [0.15, 0.2) is 6.61 Å². The number of hydrogen-bond donors (Lipinski definition) is 0. The number of aromatic nitrogens is 1. The van der Waals surface area contributed by atoms with Gasteiger partial charge < -0.3 is 23.5 Å². The minimum absolute atomic E-state index is 0.211. The second-order valence-electron chi connectivity index (χ2n) is 10.6. The van der Waals surface area contributed by atoms with Gasteiger partial charge in [0.05, 0.1) is 13.2 Å². The van der Waals surface area contributed by atoms with E-state index in [1.807, 2.05) is 82.6 Å². The van der Waals surface area contributed by atoms with E-state index < -0.39 is 17.5 Å². The van der Waals surface area contributed by atoms with Gasteiger partial charge in [-0.3, -0.25) is 0 Å². The molecule has 0 aliphatic carbocycles. The number of aryl methyl sites for hydroxylation is 1. The Kier molecular flexibility index (Phi) is 14.5. The molecule has 0 N–H and O–H groups in total. The van der Waals surface area contributed by atoms with Gasteiger partial charge in [-0.1, -0.05) is 38.1 Å². The number of benzene rings is 2. The van der Waals surface area contributed by atoms with Crippen molar-refractivity contribution in [2.24, 2.45) is 13.0 Å². The second-order valence-corrected chi connectivity index (χ2v) is 10.6. The normalized spacial score (nSPS) is 10.5. The van der Waals surface area contributed by atoms with Gasteiger partial charge in [-0.05, 0) is 83.4 Å². The first-order valence-corrected chi connectivity index (χ1v) is 13.8. The van der Waals surface area contributed by atoms with E-state index in [2.05, 4.69) is 27.0 Å². The van der Waals surface area contributed by atoms with Crippen LogP contribution in [0.2, 0.25) is 0 Å². The zero-order chi connectivity index (χ0) is 31.2. The quantitative estimate of drug-likeness (QED) is 0.192. The lowest BCUT2D eigenvalue weighted by Crippen LogP contribution is -2.27. The molecule has 0 fully saturated rings. The minimum atomic E-state index is -0.587. The van der Waals surface area contributed by atoms with Gasteiger partial charge in [0.1, 0.15) is 22.8 Å². The molecule has 1 aromatic heterocycles. The molecule has 0 saturated carbocycles. The van der Waals surface area contributed by atoms with Crippen LogP contribution in [0.3, 0.4) is 0 Å². The van der Waals surface area contributed by atoms with Crippen LogP contribution in [0.15, 0.2) is 67.8 Å². The van der Waals surface area contributed by atoms with Crippen molar-refractivity contribution in [2.45, 2.75) is 61.0 Å². The zero-order valence-electron chi connectivity index (χ0n) is 26.2. The molecule has 0 aliphatic heterocycles. The summed E-state index contributed by atoms with van der Waals surface area (Å²) in [6.45, 7) is 22.6. The summed E-state index contributed by atoms with van der Waals surface area (Å²) in [7, 11) is 1.83. The van der Waals surface area contributed by atoms with Crippen LogP contribution in [-0.4, -0.2) is 41.9 Å². The van der Waals surface area contributed by atoms with E-state index in [0.29, 0.717) is 24.0 Å². The SMILES string of the molecule is C=CC.C=CC.CCOC(=O)c1c(-c2ccc(OCC(C)C)cc2)c2cc(OCC(=O)OC(C)(C)C)ccc2n1C. The monoisotopic (exact) mass is 565 g/mol. The number of carbonyl (C=O) groups is 2. The van der Waals surface area contributed by atoms with E-state index in [4.69, 9.17) is 18.9 Å². The van der Waals surface area contributed by atoms with Crippen LogP contribution in [-0.2, 0) is 21.3 Å². The summed E-state index contributed by atoms with van der Waals surface area (Å²) in [6.07, 6.45) is 3.50. The Morgan fingerprint density at radius 2 is 1.51 bits per heavy atom. The maximum atomic E-state index is 12.9. The van der Waals surface area contributed by atoms with Crippen molar-refractivity contribution in [1.82, 2.24) is 4.57 Å². The first-order chi connectivity index (χ1) is 19.3. The topological polar surface area (TPSA) is 76.0 Å².